The molecule has 1 unspecified atom stereocenters. The minimum absolute atomic E-state index is 0.207. The number of sulfonamides is 1. The zero-order valence-electron chi connectivity index (χ0n) is 12.0. The number of rotatable bonds is 5. The summed E-state index contributed by atoms with van der Waals surface area (Å²) in [6.07, 6.45) is 2.67. The van der Waals surface area contributed by atoms with Crippen molar-refractivity contribution in [3.05, 3.63) is 59.9 Å². The van der Waals surface area contributed by atoms with Crippen LogP contribution in [0.25, 0.3) is 0 Å². The van der Waals surface area contributed by atoms with E-state index in [0.717, 1.165) is 5.56 Å². The quantitative estimate of drug-likeness (QED) is 0.916. The van der Waals surface area contributed by atoms with E-state index in [1.54, 1.807) is 37.5 Å². The summed E-state index contributed by atoms with van der Waals surface area (Å²) in [5.74, 6) is 0. The molecule has 2 aromatic rings. The molecule has 1 N–H and O–H groups in total. The third-order valence-electron chi connectivity index (χ3n) is 3.20. The number of nitrogens with zero attached hydrogens (tertiary/aromatic N) is 2. The van der Waals surface area contributed by atoms with Crippen LogP contribution in [0.5, 0.6) is 0 Å². The van der Waals surface area contributed by atoms with E-state index in [2.05, 4.69) is 4.98 Å². The highest BCUT2D eigenvalue weighted by atomic mass is 32.2. The molecule has 1 atom stereocenters. The first-order valence-electron chi connectivity index (χ1n) is 6.54. The largest absolute Gasteiger partial charge is 0.389 e. The van der Waals surface area contributed by atoms with E-state index < -0.39 is 16.1 Å². The van der Waals surface area contributed by atoms with Gasteiger partial charge in [-0.2, -0.15) is 4.31 Å². The van der Waals surface area contributed by atoms with Gasteiger partial charge in [-0.15, -0.1) is 0 Å². The van der Waals surface area contributed by atoms with Crippen molar-refractivity contribution in [2.45, 2.75) is 24.5 Å². The molecule has 1 heterocycles. The van der Waals surface area contributed by atoms with Crippen molar-refractivity contribution in [2.75, 3.05) is 7.05 Å². The lowest BCUT2D eigenvalue weighted by Crippen LogP contribution is -2.26. The predicted molar refractivity (Wildman–Crippen MR) is 80.0 cm³/mol. The summed E-state index contributed by atoms with van der Waals surface area (Å²) in [6, 6.07) is 9.86. The van der Waals surface area contributed by atoms with Crippen LogP contribution in [0.15, 0.2) is 53.7 Å². The molecule has 0 aliphatic carbocycles. The summed E-state index contributed by atoms with van der Waals surface area (Å²) >= 11 is 0. The lowest BCUT2D eigenvalue weighted by molar-refractivity contribution is 0.199. The molecule has 5 nitrogen and oxygen atoms in total. The van der Waals surface area contributed by atoms with Gasteiger partial charge in [0.25, 0.3) is 0 Å². The average Bonchev–Trinajstić information content (AvgIpc) is 2.48. The first kappa shape index (κ1) is 15.6. The van der Waals surface area contributed by atoms with E-state index in [1.807, 2.05) is 6.07 Å². The Balaban J connectivity index is 2.20. The van der Waals surface area contributed by atoms with Crippen molar-refractivity contribution < 1.29 is 13.5 Å². The predicted octanol–water partition coefficient (Wildman–Crippen LogP) is 1.96. The molecule has 0 bridgehead atoms. The summed E-state index contributed by atoms with van der Waals surface area (Å²) in [6.45, 7) is 1.90. The molecular weight excluding hydrogens is 288 g/mol. The first-order chi connectivity index (χ1) is 9.91. The van der Waals surface area contributed by atoms with Gasteiger partial charge in [-0.05, 0) is 36.2 Å². The molecule has 112 valence electrons. The van der Waals surface area contributed by atoms with Crippen LogP contribution in [0.1, 0.15) is 24.2 Å². The number of hydrogen-bond acceptors (Lipinski definition) is 4. The van der Waals surface area contributed by atoms with Crippen molar-refractivity contribution in [1.82, 2.24) is 9.29 Å². The Morgan fingerprint density at radius 3 is 2.43 bits per heavy atom. The van der Waals surface area contributed by atoms with E-state index in [0.29, 0.717) is 5.56 Å². The summed E-state index contributed by atoms with van der Waals surface area (Å²) in [4.78, 5) is 4.18. The van der Waals surface area contributed by atoms with Crippen molar-refractivity contribution in [1.29, 1.82) is 0 Å². The van der Waals surface area contributed by atoms with Gasteiger partial charge in [0.2, 0.25) is 10.0 Å². The van der Waals surface area contributed by atoms with E-state index in [4.69, 9.17) is 0 Å². The Morgan fingerprint density at radius 1 is 1.24 bits per heavy atom. The molecule has 6 heteroatoms. The number of aliphatic hydroxyl groups is 1. The molecular formula is C15H18N2O3S. The zero-order chi connectivity index (χ0) is 15.5. The van der Waals surface area contributed by atoms with Crippen molar-refractivity contribution in [2.24, 2.45) is 0 Å². The molecule has 0 amide bonds. The lowest BCUT2D eigenvalue weighted by atomic mass is 10.1. The second-order valence-electron chi connectivity index (χ2n) is 4.87. The number of aliphatic hydroxyl groups excluding tert-OH is 1. The third-order valence-corrected chi connectivity index (χ3v) is 5.02. The van der Waals surface area contributed by atoms with Gasteiger partial charge in [0.05, 0.1) is 11.0 Å². The Bertz CT molecular complexity index is 683. The first-order valence-corrected chi connectivity index (χ1v) is 7.98. The standard InChI is InChI=1S/C15H18N2O3S/c1-12(18)14-5-7-15(8-6-14)21(19,20)17(2)11-13-4-3-9-16-10-13/h3-10,12,18H,11H2,1-2H3. The Hall–Kier alpha value is -1.76. The summed E-state index contributed by atoms with van der Waals surface area (Å²) in [5.41, 5.74) is 1.51. The molecule has 0 aliphatic rings. The maximum absolute atomic E-state index is 12.5. The zero-order valence-corrected chi connectivity index (χ0v) is 12.8. The van der Waals surface area contributed by atoms with Crippen LogP contribution in [0.4, 0.5) is 0 Å². The van der Waals surface area contributed by atoms with Gasteiger partial charge in [-0.25, -0.2) is 8.42 Å². The molecule has 0 saturated carbocycles. The maximum Gasteiger partial charge on any atom is 0.243 e. The topological polar surface area (TPSA) is 70.5 Å². The minimum atomic E-state index is -3.56. The summed E-state index contributed by atoms with van der Waals surface area (Å²) < 4.78 is 26.2. The van der Waals surface area contributed by atoms with E-state index >= 15 is 0 Å². The average molecular weight is 306 g/mol. The van der Waals surface area contributed by atoms with E-state index in [9.17, 15) is 13.5 Å². The van der Waals surface area contributed by atoms with Crippen molar-refractivity contribution >= 4 is 10.0 Å². The molecule has 1 aromatic heterocycles. The second kappa shape index (κ2) is 6.34. The maximum atomic E-state index is 12.5. The van der Waals surface area contributed by atoms with Crippen LogP contribution < -0.4 is 0 Å². The number of hydrogen-bond donors (Lipinski definition) is 1. The molecule has 21 heavy (non-hydrogen) atoms. The van der Waals surface area contributed by atoms with Crippen LogP contribution in [0, 0.1) is 0 Å². The Labute approximate surface area is 124 Å². The monoisotopic (exact) mass is 306 g/mol. The molecule has 0 saturated heterocycles. The van der Waals surface area contributed by atoms with Gasteiger partial charge in [0.1, 0.15) is 0 Å². The van der Waals surface area contributed by atoms with Crippen LogP contribution in [-0.4, -0.2) is 29.9 Å². The smallest absolute Gasteiger partial charge is 0.243 e. The fourth-order valence-electron chi connectivity index (χ4n) is 1.93. The Morgan fingerprint density at radius 2 is 1.90 bits per heavy atom. The number of benzene rings is 1. The summed E-state index contributed by atoms with van der Waals surface area (Å²) in [5, 5.41) is 9.45. The van der Waals surface area contributed by atoms with Crippen LogP contribution in [0.3, 0.4) is 0 Å². The van der Waals surface area contributed by atoms with E-state index in [-0.39, 0.29) is 11.4 Å². The molecule has 0 radical (unpaired) electrons. The van der Waals surface area contributed by atoms with Gasteiger partial charge in [-0.3, -0.25) is 4.98 Å². The molecule has 2 rings (SSSR count). The van der Waals surface area contributed by atoms with Gasteiger partial charge in [0, 0.05) is 26.0 Å². The normalized spacial score (nSPS) is 13.3. The second-order valence-corrected chi connectivity index (χ2v) is 6.91. The fourth-order valence-corrected chi connectivity index (χ4v) is 3.09. The molecule has 0 aliphatic heterocycles. The van der Waals surface area contributed by atoms with Crippen molar-refractivity contribution in [3.8, 4) is 0 Å². The third kappa shape index (κ3) is 3.66. The van der Waals surface area contributed by atoms with Crippen LogP contribution in [-0.2, 0) is 16.6 Å². The van der Waals surface area contributed by atoms with Crippen LogP contribution >= 0.6 is 0 Å². The molecule has 0 fully saturated rings. The number of aromatic nitrogens is 1. The lowest BCUT2D eigenvalue weighted by Gasteiger charge is -2.17. The molecule has 1 aromatic carbocycles. The summed E-state index contributed by atoms with van der Waals surface area (Å²) in [7, 11) is -2.02. The highest BCUT2D eigenvalue weighted by Gasteiger charge is 2.21. The Kier molecular flexibility index (Phi) is 4.72. The van der Waals surface area contributed by atoms with Crippen molar-refractivity contribution in [3.63, 3.8) is 0 Å². The van der Waals surface area contributed by atoms with E-state index in [1.165, 1.54) is 23.5 Å². The van der Waals surface area contributed by atoms with Gasteiger partial charge in [-0.1, -0.05) is 18.2 Å². The highest BCUT2D eigenvalue weighted by Crippen LogP contribution is 2.19. The van der Waals surface area contributed by atoms with Gasteiger partial charge >= 0.3 is 0 Å². The fraction of sp³-hybridized carbons (Fsp3) is 0.267. The molecule has 0 spiro atoms. The van der Waals surface area contributed by atoms with Gasteiger partial charge in [0.15, 0.2) is 0 Å². The SMILES string of the molecule is CC(O)c1ccc(S(=O)(=O)N(C)Cc2cccnc2)cc1. The highest BCUT2D eigenvalue weighted by molar-refractivity contribution is 7.89. The minimum Gasteiger partial charge on any atom is -0.389 e. The van der Waals surface area contributed by atoms with Gasteiger partial charge < -0.3 is 5.11 Å². The number of pyridine rings is 1. The van der Waals surface area contributed by atoms with Crippen LogP contribution in [0.2, 0.25) is 0 Å².